The van der Waals surface area contributed by atoms with Gasteiger partial charge >= 0.3 is 0 Å². The van der Waals surface area contributed by atoms with Gasteiger partial charge in [0.15, 0.2) is 0 Å². The zero-order valence-corrected chi connectivity index (χ0v) is 17.1. The van der Waals surface area contributed by atoms with E-state index < -0.39 is 11.1 Å². The Kier molecular flexibility index (Phi) is 7.15. The number of carbonyl (C=O) groups excluding carboxylic acids is 3. The lowest BCUT2D eigenvalue weighted by molar-refractivity contribution is -0.129. The number of imide groups is 1. The van der Waals surface area contributed by atoms with Crippen LogP contribution in [0.3, 0.4) is 0 Å². The molecule has 0 radical (unpaired) electrons. The van der Waals surface area contributed by atoms with Crippen LogP contribution in [-0.4, -0.2) is 49.3 Å². The maximum atomic E-state index is 12.5. The van der Waals surface area contributed by atoms with Gasteiger partial charge in [-0.1, -0.05) is 25.4 Å². The number of thioether (sulfide) groups is 1. The van der Waals surface area contributed by atoms with Gasteiger partial charge in [0.2, 0.25) is 5.91 Å². The molecule has 1 aliphatic heterocycles. The van der Waals surface area contributed by atoms with E-state index in [0.717, 1.165) is 16.7 Å². The Bertz CT molecular complexity index is 794. The van der Waals surface area contributed by atoms with Gasteiger partial charge in [-0.2, -0.15) is 0 Å². The third kappa shape index (κ3) is 5.17. The van der Waals surface area contributed by atoms with E-state index >= 15 is 0 Å². The summed E-state index contributed by atoms with van der Waals surface area (Å²) in [7, 11) is 2.96. The van der Waals surface area contributed by atoms with Crippen molar-refractivity contribution in [3.05, 3.63) is 27.6 Å². The van der Waals surface area contributed by atoms with Gasteiger partial charge in [-0.05, 0) is 29.8 Å². The largest absolute Gasteiger partial charge is 0.496 e. The van der Waals surface area contributed by atoms with Gasteiger partial charge in [0.05, 0.1) is 24.1 Å². The second-order valence-corrected chi connectivity index (χ2v) is 7.59. The fourth-order valence-electron chi connectivity index (χ4n) is 2.29. The first-order valence-electron chi connectivity index (χ1n) is 8.20. The molecule has 1 heterocycles. The summed E-state index contributed by atoms with van der Waals surface area (Å²) in [5.74, 6) is 0.241. The number of halogens is 1. The number of nitrogens with zero attached hydrogens (tertiary/aromatic N) is 1. The number of ether oxygens (including phenoxy) is 2. The molecule has 3 amide bonds. The number of hydrogen-bond donors (Lipinski definition) is 1. The predicted molar refractivity (Wildman–Crippen MR) is 105 cm³/mol. The summed E-state index contributed by atoms with van der Waals surface area (Å²) in [6.07, 6.45) is 1.51. The normalized spacial score (nSPS) is 15.6. The van der Waals surface area contributed by atoms with E-state index in [1.807, 2.05) is 13.8 Å². The lowest BCUT2D eigenvalue weighted by atomic mass is 10.1. The second-order valence-electron chi connectivity index (χ2n) is 6.19. The standard InChI is InChI=1S/C18H21ClN2O5S/c1-10(2)8-20-16(22)9-21-17(23)15(27-18(21)24)6-11-5-12(19)14(26-4)7-13(11)25-3/h5-7,10H,8-9H2,1-4H3,(H,20,22)/b15-6-. The van der Waals surface area contributed by atoms with Gasteiger partial charge in [-0.15, -0.1) is 0 Å². The highest BCUT2D eigenvalue weighted by molar-refractivity contribution is 8.18. The number of amides is 3. The van der Waals surface area contributed by atoms with Crippen molar-refractivity contribution < 1.29 is 23.9 Å². The number of nitrogens with one attached hydrogen (secondary N) is 1. The topological polar surface area (TPSA) is 84.9 Å². The Labute approximate surface area is 167 Å². The molecule has 0 unspecified atom stereocenters. The summed E-state index contributed by atoms with van der Waals surface area (Å²) in [5.41, 5.74) is 0.526. The molecule has 1 aromatic carbocycles. The summed E-state index contributed by atoms with van der Waals surface area (Å²) in [5, 5.41) is 2.54. The zero-order chi connectivity index (χ0) is 20.1. The summed E-state index contributed by atoms with van der Waals surface area (Å²) < 4.78 is 10.4. The maximum Gasteiger partial charge on any atom is 0.294 e. The molecule has 27 heavy (non-hydrogen) atoms. The fraction of sp³-hybridized carbons (Fsp3) is 0.389. The quantitative estimate of drug-likeness (QED) is 0.692. The molecule has 2 rings (SSSR count). The van der Waals surface area contributed by atoms with Crippen LogP contribution in [0.4, 0.5) is 4.79 Å². The minimum atomic E-state index is -0.529. The van der Waals surface area contributed by atoms with Crippen LogP contribution >= 0.6 is 23.4 Å². The first-order chi connectivity index (χ1) is 12.8. The summed E-state index contributed by atoms with van der Waals surface area (Å²) >= 11 is 6.90. The number of methoxy groups -OCH3 is 2. The van der Waals surface area contributed by atoms with Crippen molar-refractivity contribution in [2.75, 3.05) is 27.3 Å². The molecule has 1 aliphatic rings. The van der Waals surface area contributed by atoms with Crippen molar-refractivity contribution in [1.29, 1.82) is 0 Å². The average molecular weight is 413 g/mol. The van der Waals surface area contributed by atoms with Crippen LogP contribution in [0.5, 0.6) is 11.5 Å². The summed E-state index contributed by atoms with van der Waals surface area (Å²) in [4.78, 5) is 37.7. The van der Waals surface area contributed by atoms with Gasteiger partial charge < -0.3 is 14.8 Å². The molecule has 146 valence electrons. The first-order valence-corrected chi connectivity index (χ1v) is 9.39. The molecule has 1 aromatic rings. The molecular weight excluding hydrogens is 392 g/mol. The van der Waals surface area contributed by atoms with Crippen LogP contribution < -0.4 is 14.8 Å². The molecule has 0 atom stereocenters. The highest BCUT2D eigenvalue weighted by atomic mass is 35.5. The molecule has 1 saturated heterocycles. The predicted octanol–water partition coefficient (Wildman–Crippen LogP) is 3.17. The average Bonchev–Trinajstić information content (AvgIpc) is 2.87. The van der Waals surface area contributed by atoms with Crippen molar-refractivity contribution in [2.24, 2.45) is 5.92 Å². The molecule has 0 saturated carbocycles. The Hall–Kier alpha value is -2.19. The monoisotopic (exact) mass is 412 g/mol. The van der Waals surface area contributed by atoms with E-state index in [1.165, 1.54) is 20.3 Å². The molecule has 0 aliphatic carbocycles. The highest BCUT2D eigenvalue weighted by Gasteiger charge is 2.36. The van der Waals surface area contributed by atoms with E-state index in [1.54, 1.807) is 12.1 Å². The van der Waals surface area contributed by atoms with Crippen LogP contribution in [0.2, 0.25) is 5.02 Å². The van der Waals surface area contributed by atoms with E-state index in [4.69, 9.17) is 21.1 Å². The van der Waals surface area contributed by atoms with Gasteiger partial charge in [-0.25, -0.2) is 0 Å². The Morgan fingerprint density at radius 3 is 2.52 bits per heavy atom. The smallest absolute Gasteiger partial charge is 0.294 e. The SMILES string of the molecule is COc1cc(OC)c(/C=C2\SC(=O)N(CC(=O)NCC(C)C)C2=O)cc1Cl. The number of benzene rings is 1. The zero-order valence-electron chi connectivity index (χ0n) is 15.5. The van der Waals surface area contributed by atoms with Crippen LogP contribution in [0.1, 0.15) is 19.4 Å². The second kappa shape index (κ2) is 9.14. The van der Waals surface area contributed by atoms with Gasteiger partial charge in [0.25, 0.3) is 11.1 Å². The van der Waals surface area contributed by atoms with E-state index in [-0.39, 0.29) is 23.3 Å². The van der Waals surface area contributed by atoms with Gasteiger partial charge in [0.1, 0.15) is 18.0 Å². The molecule has 1 fully saturated rings. The minimum absolute atomic E-state index is 0.191. The molecule has 1 N–H and O–H groups in total. The van der Waals surface area contributed by atoms with Crippen molar-refractivity contribution in [2.45, 2.75) is 13.8 Å². The van der Waals surface area contributed by atoms with Crippen LogP contribution in [-0.2, 0) is 9.59 Å². The van der Waals surface area contributed by atoms with Gasteiger partial charge in [0, 0.05) is 18.2 Å². The molecule has 7 nitrogen and oxygen atoms in total. The highest BCUT2D eigenvalue weighted by Crippen LogP contribution is 2.37. The van der Waals surface area contributed by atoms with Crippen molar-refractivity contribution in [1.82, 2.24) is 10.2 Å². The molecule has 0 aromatic heterocycles. The number of rotatable bonds is 7. The Balaban J connectivity index is 2.21. The van der Waals surface area contributed by atoms with Crippen LogP contribution in [0, 0.1) is 5.92 Å². The number of hydrogen-bond acceptors (Lipinski definition) is 6. The summed E-state index contributed by atoms with van der Waals surface area (Å²) in [6.45, 7) is 4.08. The number of carbonyl (C=O) groups is 3. The minimum Gasteiger partial charge on any atom is -0.496 e. The Morgan fingerprint density at radius 1 is 1.26 bits per heavy atom. The summed E-state index contributed by atoms with van der Waals surface area (Å²) in [6, 6.07) is 3.18. The Morgan fingerprint density at radius 2 is 1.93 bits per heavy atom. The lowest BCUT2D eigenvalue weighted by Crippen LogP contribution is -2.40. The third-order valence-electron chi connectivity index (χ3n) is 3.67. The van der Waals surface area contributed by atoms with Crippen molar-refractivity contribution >= 4 is 46.5 Å². The van der Waals surface area contributed by atoms with Crippen LogP contribution in [0.15, 0.2) is 17.0 Å². The maximum absolute atomic E-state index is 12.5. The van der Waals surface area contributed by atoms with Crippen molar-refractivity contribution in [3.63, 3.8) is 0 Å². The first kappa shape index (κ1) is 21.1. The fourth-order valence-corrected chi connectivity index (χ4v) is 3.37. The van der Waals surface area contributed by atoms with E-state index in [0.29, 0.717) is 28.6 Å². The van der Waals surface area contributed by atoms with Gasteiger partial charge in [-0.3, -0.25) is 19.3 Å². The van der Waals surface area contributed by atoms with Crippen molar-refractivity contribution in [3.8, 4) is 11.5 Å². The van der Waals surface area contributed by atoms with E-state index in [9.17, 15) is 14.4 Å². The molecule has 0 spiro atoms. The lowest BCUT2D eigenvalue weighted by Gasteiger charge is -2.13. The molecule has 9 heteroatoms. The molecular formula is C18H21ClN2O5S. The molecule has 0 bridgehead atoms. The van der Waals surface area contributed by atoms with E-state index in [2.05, 4.69) is 5.32 Å². The van der Waals surface area contributed by atoms with Crippen LogP contribution in [0.25, 0.3) is 6.08 Å². The third-order valence-corrected chi connectivity index (χ3v) is 4.88.